The number of hydrogen-bond acceptors (Lipinski definition) is 7. The van der Waals surface area contributed by atoms with Crippen molar-refractivity contribution in [2.75, 3.05) is 0 Å². The molecule has 1 aliphatic heterocycles. The molecule has 0 saturated heterocycles. The molecular weight excluding hydrogens is 386 g/mol. The molecular formula is C18H16ClN5O2S. The molecule has 138 valence electrons. The predicted molar refractivity (Wildman–Crippen MR) is 109 cm³/mol. The van der Waals surface area contributed by atoms with E-state index in [2.05, 4.69) is 15.5 Å². The number of halogens is 1. The summed E-state index contributed by atoms with van der Waals surface area (Å²) in [5, 5.41) is 15.5. The van der Waals surface area contributed by atoms with Crippen LogP contribution in [0, 0.1) is 10.1 Å². The molecule has 2 aromatic rings. The lowest BCUT2D eigenvalue weighted by atomic mass is 10.1. The van der Waals surface area contributed by atoms with Crippen LogP contribution in [-0.4, -0.2) is 16.6 Å². The van der Waals surface area contributed by atoms with Gasteiger partial charge >= 0.3 is 0 Å². The van der Waals surface area contributed by atoms with Gasteiger partial charge in [0.1, 0.15) is 0 Å². The monoisotopic (exact) mass is 401 g/mol. The van der Waals surface area contributed by atoms with Crippen LogP contribution in [0.1, 0.15) is 17.7 Å². The Kier molecular flexibility index (Phi) is 5.78. The van der Waals surface area contributed by atoms with Gasteiger partial charge in [-0.2, -0.15) is 5.10 Å². The number of nitro benzene ring substituents is 1. The molecule has 27 heavy (non-hydrogen) atoms. The van der Waals surface area contributed by atoms with Crippen LogP contribution in [-0.2, 0) is 0 Å². The van der Waals surface area contributed by atoms with Crippen molar-refractivity contribution >= 4 is 40.7 Å². The maximum absolute atomic E-state index is 10.9. The molecule has 7 nitrogen and oxygen atoms in total. The fraction of sp³-hybridized carbons (Fsp3) is 0.111. The third kappa shape index (κ3) is 4.87. The summed E-state index contributed by atoms with van der Waals surface area (Å²) in [5.41, 5.74) is 10.6. The number of hydrogen-bond donors (Lipinski definition) is 2. The number of nitrogens with one attached hydrogen (secondary N) is 1. The molecule has 0 bridgehead atoms. The van der Waals surface area contributed by atoms with Gasteiger partial charge in [0.15, 0.2) is 0 Å². The highest BCUT2D eigenvalue weighted by Gasteiger charge is 2.17. The molecule has 3 rings (SSSR count). The normalized spacial score (nSPS) is 16.3. The summed E-state index contributed by atoms with van der Waals surface area (Å²) in [4.78, 5) is 15.8. The number of benzene rings is 2. The van der Waals surface area contributed by atoms with Crippen molar-refractivity contribution in [2.24, 2.45) is 15.8 Å². The van der Waals surface area contributed by atoms with E-state index >= 15 is 0 Å². The summed E-state index contributed by atoms with van der Waals surface area (Å²) >= 11 is 7.54. The molecule has 0 fully saturated rings. The topological polar surface area (TPSA) is 106 Å². The molecule has 1 atom stereocenters. The van der Waals surface area contributed by atoms with E-state index in [4.69, 9.17) is 17.3 Å². The minimum atomic E-state index is -0.418. The van der Waals surface area contributed by atoms with Gasteiger partial charge in [0.05, 0.1) is 21.6 Å². The Balaban J connectivity index is 1.97. The minimum Gasteiger partial charge on any atom is -0.368 e. The summed E-state index contributed by atoms with van der Waals surface area (Å²) < 4.78 is 0. The van der Waals surface area contributed by atoms with Crippen LogP contribution in [0.2, 0.25) is 5.02 Å². The largest absolute Gasteiger partial charge is 0.368 e. The molecule has 0 radical (unpaired) electrons. The highest BCUT2D eigenvalue weighted by molar-refractivity contribution is 7.99. The zero-order valence-electron chi connectivity index (χ0n) is 14.3. The molecule has 0 aromatic heterocycles. The Bertz CT molecular complexity index is 939. The molecule has 1 heterocycles. The highest BCUT2D eigenvalue weighted by atomic mass is 35.5. The quantitative estimate of drug-likeness (QED) is 0.442. The average Bonchev–Trinajstić information content (AvgIpc) is 2.66. The molecule has 0 saturated carbocycles. The summed E-state index contributed by atoms with van der Waals surface area (Å²) in [6.07, 6.45) is 1.94. The first-order valence-electron chi connectivity index (χ1n) is 7.95. The van der Waals surface area contributed by atoms with Crippen LogP contribution >= 0.6 is 23.4 Å². The van der Waals surface area contributed by atoms with E-state index in [1.807, 2.05) is 37.3 Å². The van der Waals surface area contributed by atoms with Crippen molar-refractivity contribution < 1.29 is 4.92 Å². The van der Waals surface area contributed by atoms with E-state index in [1.165, 1.54) is 12.1 Å². The molecule has 9 heteroatoms. The number of hydrazone groups is 1. The Hall–Kier alpha value is -2.84. The van der Waals surface area contributed by atoms with Crippen molar-refractivity contribution in [3.05, 3.63) is 81.0 Å². The van der Waals surface area contributed by atoms with Gasteiger partial charge in [-0.05, 0) is 42.8 Å². The van der Waals surface area contributed by atoms with Crippen LogP contribution < -0.4 is 11.2 Å². The third-order valence-electron chi connectivity index (χ3n) is 3.77. The van der Waals surface area contributed by atoms with Crippen LogP contribution in [0.5, 0.6) is 0 Å². The van der Waals surface area contributed by atoms with Gasteiger partial charge in [-0.15, -0.1) is 11.8 Å². The lowest BCUT2D eigenvalue weighted by Gasteiger charge is -2.17. The predicted octanol–water partition coefficient (Wildman–Crippen LogP) is 4.26. The van der Waals surface area contributed by atoms with Crippen molar-refractivity contribution in [1.29, 1.82) is 0 Å². The number of guanidine groups is 1. The Labute approximate surface area is 165 Å². The zero-order valence-corrected chi connectivity index (χ0v) is 15.9. The van der Waals surface area contributed by atoms with Crippen LogP contribution in [0.15, 0.2) is 75.3 Å². The number of non-ortho nitro benzene ring substituents is 1. The maximum atomic E-state index is 10.9. The number of nitro groups is 1. The van der Waals surface area contributed by atoms with Gasteiger partial charge in [0.25, 0.3) is 5.69 Å². The molecule has 0 amide bonds. The van der Waals surface area contributed by atoms with E-state index in [9.17, 15) is 10.1 Å². The fourth-order valence-electron chi connectivity index (χ4n) is 2.38. The van der Waals surface area contributed by atoms with Crippen molar-refractivity contribution in [1.82, 2.24) is 5.43 Å². The van der Waals surface area contributed by atoms with Gasteiger partial charge in [-0.25, -0.2) is 10.4 Å². The van der Waals surface area contributed by atoms with Gasteiger partial charge in [-0.3, -0.25) is 10.1 Å². The SMILES string of the molecule is CC1=NNC(N)=N/C1=C\C(Sc1ccc(Cl)cc1)c1ccc([N+](=O)[O-])cc1. The summed E-state index contributed by atoms with van der Waals surface area (Å²) in [5.74, 6) is 0.214. The van der Waals surface area contributed by atoms with E-state index < -0.39 is 4.92 Å². The zero-order chi connectivity index (χ0) is 19.4. The lowest BCUT2D eigenvalue weighted by Crippen LogP contribution is -2.31. The molecule has 1 aliphatic rings. The first-order chi connectivity index (χ1) is 12.9. The molecule has 3 N–H and O–H groups in total. The van der Waals surface area contributed by atoms with E-state index in [1.54, 1.807) is 23.9 Å². The van der Waals surface area contributed by atoms with Crippen LogP contribution in [0.25, 0.3) is 0 Å². The highest BCUT2D eigenvalue weighted by Crippen LogP contribution is 2.38. The first kappa shape index (κ1) is 18.9. The van der Waals surface area contributed by atoms with E-state index in [0.717, 1.165) is 10.5 Å². The number of nitrogens with zero attached hydrogens (tertiary/aromatic N) is 3. The van der Waals surface area contributed by atoms with Crippen molar-refractivity contribution in [2.45, 2.75) is 17.1 Å². The van der Waals surface area contributed by atoms with Crippen molar-refractivity contribution in [3.63, 3.8) is 0 Å². The Morgan fingerprint density at radius 2 is 1.89 bits per heavy atom. The standard InChI is InChI=1S/C18H16ClN5O2S/c1-11-16(21-18(20)23-22-11)10-17(27-15-8-4-13(19)5-9-15)12-2-6-14(7-3-12)24(25)26/h2-10,17H,1H3,(H3,20,21,23)/b16-10-. The number of nitrogens with two attached hydrogens (primary N) is 1. The minimum absolute atomic E-state index is 0.0449. The lowest BCUT2D eigenvalue weighted by molar-refractivity contribution is -0.384. The molecule has 1 unspecified atom stereocenters. The molecule has 0 aliphatic carbocycles. The fourth-order valence-corrected chi connectivity index (χ4v) is 3.58. The number of allylic oxidation sites excluding steroid dienone is 1. The van der Waals surface area contributed by atoms with Crippen molar-refractivity contribution in [3.8, 4) is 0 Å². The van der Waals surface area contributed by atoms with E-state index in [-0.39, 0.29) is 16.9 Å². The van der Waals surface area contributed by atoms with Gasteiger partial charge < -0.3 is 5.73 Å². The molecule has 2 aromatic carbocycles. The Morgan fingerprint density at radius 3 is 2.52 bits per heavy atom. The average molecular weight is 402 g/mol. The summed E-state index contributed by atoms with van der Waals surface area (Å²) in [7, 11) is 0. The summed E-state index contributed by atoms with van der Waals surface area (Å²) in [6.45, 7) is 1.83. The smallest absolute Gasteiger partial charge is 0.269 e. The molecule has 0 spiro atoms. The van der Waals surface area contributed by atoms with Gasteiger partial charge in [0.2, 0.25) is 5.96 Å². The number of rotatable bonds is 5. The third-order valence-corrected chi connectivity index (χ3v) is 5.23. The summed E-state index contributed by atoms with van der Waals surface area (Å²) in [6, 6.07) is 13.9. The number of aliphatic imine (C=N–C) groups is 1. The first-order valence-corrected chi connectivity index (χ1v) is 9.21. The second kappa shape index (κ2) is 8.24. The Morgan fingerprint density at radius 1 is 1.22 bits per heavy atom. The second-order valence-electron chi connectivity index (χ2n) is 5.70. The number of thioether (sulfide) groups is 1. The van der Waals surface area contributed by atoms with Crippen LogP contribution in [0.4, 0.5) is 5.69 Å². The van der Waals surface area contributed by atoms with E-state index in [0.29, 0.717) is 16.4 Å². The second-order valence-corrected chi connectivity index (χ2v) is 7.35. The van der Waals surface area contributed by atoms with Gasteiger partial charge in [0, 0.05) is 22.1 Å². The maximum Gasteiger partial charge on any atom is 0.269 e. The van der Waals surface area contributed by atoms with Crippen LogP contribution in [0.3, 0.4) is 0 Å². The van der Waals surface area contributed by atoms with Gasteiger partial charge in [-0.1, -0.05) is 23.7 Å².